The van der Waals surface area contributed by atoms with Gasteiger partial charge in [-0.2, -0.15) is 0 Å². The second kappa shape index (κ2) is 3.46. The first-order valence-corrected chi connectivity index (χ1v) is 4.89. The molecule has 2 nitrogen and oxygen atoms in total. The van der Waals surface area contributed by atoms with Crippen LogP contribution in [0.3, 0.4) is 0 Å². The van der Waals surface area contributed by atoms with Crippen LogP contribution >= 0.6 is 0 Å². The van der Waals surface area contributed by atoms with Crippen molar-refractivity contribution >= 4 is 10.9 Å². The summed E-state index contributed by atoms with van der Waals surface area (Å²) in [6.45, 7) is 5.10. The molecular weight excluding hydrogens is 174 g/mol. The Bertz CT molecular complexity index is 457. The van der Waals surface area contributed by atoms with Crippen molar-refractivity contribution in [3.8, 4) is 0 Å². The molecule has 1 N–H and O–H groups in total. The summed E-state index contributed by atoms with van der Waals surface area (Å²) in [5.74, 6) is 0. The molecule has 74 valence electrons. The Balaban J connectivity index is 2.61. The van der Waals surface area contributed by atoms with Crippen molar-refractivity contribution in [3.05, 3.63) is 35.5 Å². The zero-order chi connectivity index (χ0) is 10.1. The number of benzene rings is 1. The minimum absolute atomic E-state index is 0.191. The van der Waals surface area contributed by atoms with E-state index in [1.807, 2.05) is 6.20 Å². The van der Waals surface area contributed by atoms with Crippen LogP contribution in [0, 0.1) is 13.8 Å². The zero-order valence-corrected chi connectivity index (χ0v) is 8.62. The van der Waals surface area contributed by atoms with Crippen molar-refractivity contribution in [3.63, 3.8) is 0 Å². The normalized spacial score (nSPS) is 11.1. The predicted octanol–water partition coefficient (Wildman–Crippen LogP) is 2.25. The van der Waals surface area contributed by atoms with Crippen LogP contribution in [0.1, 0.15) is 11.1 Å². The lowest BCUT2D eigenvalue weighted by molar-refractivity contribution is 0.278. The lowest BCUT2D eigenvalue weighted by Gasteiger charge is -2.05. The van der Waals surface area contributed by atoms with Crippen molar-refractivity contribution < 1.29 is 5.11 Å². The van der Waals surface area contributed by atoms with Gasteiger partial charge in [0.2, 0.25) is 0 Å². The van der Waals surface area contributed by atoms with E-state index in [1.165, 1.54) is 22.0 Å². The van der Waals surface area contributed by atoms with Crippen LogP contribution in [0.25, 0.3) is 10.9 Å². The third kappa shape index (κ3) is 1.42. The van der Waals surface area contributed by atoms with Gasteiger partial charge in [0, 0.05) is 18.3 Å². The Morgan fingerprint density at radius 1 is 1.21 bits per heavy atom. The van der Waals surface area contributed by atoms with Gasteiger partial charge in [-0.25, -0.2) is 0 Å². The molecule has 1 heterocycles. The monoisotopic (exact) mass is 189 g/mol. The molecule has 0 bridgehead atoms. The van der Waals surface area contributed by atoms with E-state index < -0.39 is 0 Å². The van der Waals surface area contributed by atoms with E-state index in [0.29, 0.717) is 6.54 Å². The molecule has 0 spiro atoms. The maximum absolute atomic E-state index is 8.90. The van der Waals surface area contributed by atoms with E-state index in [9.17, 15) is 0 Å². The second-order valence-electron chi connectivity index (χ2n) is 3.73. The number of aliphatic hydroxyl groups excluding tert-OH is 1. The topological polar surface area (TPSA) is 25.2 Å². The molecule has 0 unspecified atom stereocenters. The van der Waals surface area contributed by atoms with Gasteiger partial charge in [-0.05, 0) is 48.6 Å². The number of hydrogen-bond acceptors (Lipinski definition) is 1. The van der Waals surface area contributed by atoms with Crippen LogP contribution in [-0.4, -0.2) is 16.3 Å². The minimum Gasteiger partial charge on any atom is -0.395 e. The highest BCUT2D eigenvalue weighted by Crippen LogP contribution is 2.20. The smallest absolute Gasteiger partial charge is 0.0610 e. The molecule has 0 fully saturated rings. The summed E-state index contributed by atoms with van der Waals surface area (Å²) in [6, 6.07) is 6.47. The largest absolute Gasteiger partial charge is 0.395 e. The van der Waals surface area contributed by atoms with Crippen molar-refractivity contribution in [1.29, 1.82) is 0 Å². The van der Waals surface area contributed by atoms with Crippen LogP contribution in [-0.2, 0) is 6.54 Å². The first-order chi connectivity index (χ1) is 6.72. The van der Waals surface area contributed by atoms with Crippen LogP contribution in [0.5, 0.6) is 0 Å². The number of aromatic nitrogens is 1. The Labute approximate surface area is 83.8 Å². The van der Waals surface area contributed by atoms with E-state index in [-0.39, 0.29) is 6.61 Å². The highest BCUT2D eigenvalue weighted by Gasteiger charge is 2.02. The van der Waals surface area contributed by atoms with E-state index in [1.54, 1.807) is 0 Å². The molecule has 1 aromatic carbocycles. The molecule has 2 heteroatoms. The number of aryl methyl sites for hydroxylation is 2. The molecule has 0 atom stereocenters. The highest BCUT2D eigenvalue weighted by atomic mass is 16.3. The molecular formula is C12H15NO. The molecule has 0 radical (unpaired) electrons. The summed E-state index contributed by atoms with van der Waals surface area (Å²) in [5.41, 5.74) is 3.83. The van der Waals surface area contributed by atoms with Gasteiger partial charge in [-0.15, -0.1) is 0 Å². The number of fused-ring (bicyclic) bond motifs is 1. The molecule has 2 aromatic rings. The summed E-state index contributed by atoms with van der Waals surface area (Å²) in [7, 11) is 0. The lowest BCUT2D eigenvalue weighted by Crippen LogP contribution is -1.99. The van der Waals surface area contributed by atoms with E-state index in [2.05, 4.69) is 36.6 Å². The average Bonchev–Trinajstić information content (AvgIpc) is 2.51. The van der Waals surface area contributed by atoms with Crippen molar-refractivity contribution in [1.82, 2.24) is 4.57 Å². The lowest BCUT2D eigenvalue weighted by atomic mass is 10.1. The van der Waals surface area contributed by atoms with Crippen LogP contribution in [0.2, 0.25) is 0 Å². The van der Waals surface area contributed by atoms with E-state index in [4.69, 9.17) is 5.11 Å². The summed E-state index contributed by atoms with van der Waals surface area (Å²) in [5, 5.41) is 10.2. The van der Waals surface area contributed by atoms with Crippen LogP contribution in [0.4, 0.5) is 0 Å². The van der Waals surface area contributed by atoms with Crippen molar-refractivity contribution in [2.75, 3.05) is 6.61 Å². The maximum atomic E-state index is 8.90. The first kappa shape index (κ1) is 9.28. The van der Waals surface area contributed by atoms with Gasteiger partial charge in [-0.1, -0.05) is 0 Å². The third-order valence-corrected chi connectivity index (χ3v) is 2.73. The molecule has 14 heavy (non-hydrogen) atoms. The fourth-order valence-electron chi connectivity index (χ4n) is 1.76. The summed E-state index contributed by atoms with van der Waals surface area (Å²) < 4.78 is 2.09. The Hall–Kier alpha value is -1.28. The Morgan fingerprint density at radius 3 is 2.64 bits per heavy atom. The molecule has 0 aliphatic heterocycles. The summed E-state index contributed by atoms with van der Waals surface area (Å²) in [6.07, 6.45) is 2.03. The molecule has 0 amide bonds. The number of rotatable bonds is 2. The predicted molar refractivity (Wildman–Crippen MR) is 58.5 cm³/mol. The van der Waals surface area contributed by atoms with E-state index >= 15 is 0 Å². The van der Waals surface area contributed by atoms with Crippen molar-refractivity contribution in [2.45, 2.75) is 20.4 Å². The van der Waals surface area contributed by atoms with Crippen LogP contribution < -0.4 is 0 Å². The number of hydrogen-bond donors (Lipinski definition) is 1. The number of aliphatic hydroxyl groups is 1. The number of nitrogens with zero attached hydrogens (tertiary/aromatic N) is 1. The molecule has 0 aliphatic carbocycles. The standard InChI is InChI=1S/C12H15NO/c1-9-7-11-3-4-13(5-6-14)12(11)8-10(9)2/h3-4,7-8,14H,5-6H2,1-2H3. The maximum Gasteiger partial charge on any atom is 0.0610 e. The fraction of sp³-hybridized carbons (Fsp3) is 0.333. The average molecular weight is 189 g/mol. The van der Waals surface area contributed by atoms with Gasteiger partial charge in [0.05, 0.1) is 6.61 Å². The third-order valence-electron chi connectivity index (χ3n) is 2.73. The zero-order valence-electron chi connectivity index (χ0n) is 8.62. The molecule has 2 rings (SSSR count). The Morgan fingerprint density at radius 2 is 1.93 bits per heavy atom. The minimum atomic E-state index is 0.191. The quantitative estimate of drug-likeness (QED) is 0.770. The molecule has 0 saturated heterocycles. The highest BCUT2D eigenvalue weighted by molar-refractivity contribution is 5.81. The van der Waals surface area contributed by atoms with Crippen LogP contribution in [0.15, 0.2) is 24.4 Å². The summed E-state index contributed by atoms with van der Waals surface area (Å²) in [4.78, 5) is 0. The molecule has 0 aliphatic rings. The first-order valence-electron chi connectivity index (χ1n) is 4.89. The molecule has 0 saturated carbocycles. The summed E-state index contributed by atoms with van der Waals surface area (Å²) >= 11 is 0. The molecule has 1 aromatic heterocycles. The SMILES string of the molecule is Cc1cc2ccn(CCO)c2cc1C. The van der Waals surface area contributed by atoms with Gasteiger partial charge >= 0.3 is 0 Å². The van der Waals surface area contributed by atoms with Gasteiger partial charge in [0.15, 0.2) is 0 Å². The van der Waals surface area contributed by atoms with Gasteiger partial charge in [0.1, 0.15) is 0 Å². The fourth-order valence-corrected chi connectivity index (χ4v) is 1.76. The Kier molecular flexibility index (Phi) is 2.30. The second-order valence-corrected chi connectivity index (χ2v) is 3.73. The van der Waals surface area contributed by atoms with Crippen molar-refractivity contribution in [2.24, 2.45) is 0 Å². The van der Waals surface area contributed by atoms with Gasteiger partial charge in [0.25, 0.3) is 0 Å². The van der Waals surface area contributed by atoms with Gasteiger partial charge in [-0.3, -0.25) is 0 Å². The van der Waals surface area contributed by atoms with E-state index in [0.717, 1.165) is 0 Å². The van der Waals surface area contributed by atoms with Gasteiger partial charge < -0.3 is 9.67 Å².